The summed E-state index contributed by atoms with van der Waals surface area (Å²) in [6, 6.07) is 8.58. The van der Waals surface area contributed by atoms with Crippen LogP contribution in [0.2, 0.25) is 0 Å². The van der Waals surface area contributed by atoms with Crippen molar-refractivity contribution in [2.24, 2.45) is 10.8 Å². The summed E-state index contributed by atoms with van der Waals surface area (Å²) in [5, 5.41) is 10.1. The van der Waals surface area contributed by atoms with Crippen molar-refractivity contribution >= 4 is 29.2 Å². The van der Waals surface area contributed by atoms with E-state index in [-0.39, 0.29) is 53.0 Å². The maximum Gasteiger partial charge on any atom is 0.311 e. The Morgan fingerprint density at radius 2 is 1.80 bits per heavy atom. The minimum Gasteiger partial charge on any atom is -0.486 e. The van der Waals surface area contributed by atoms with Crippen LogP contribution in [0.15, 0.2) is 36.5 Å². The van der Waals surface area contributed by atoms with Gasteiger partial charge >= 0.3 is 5.97 Å². The topological polar surface area (TPSA) is 141 Å². The average Bonchev–Trinajstić information content (AvgIpc) is 3.47. The van der Waals surface area contributed by atoms with Crippen LogP contribution in [0.1, 0.15) is 70.6 Å². The molecule has 0 saturated heterocycles. The number of rotatable bonds is 7. The molecular weight excluding hydrogens is 514 g/mol. The quantitative estimate of drug-likeness (QED) is 0.431. The Hall–Kier alpha value is -4.28. The van der Waals surface area contributed by atoms with Gasteiger partial charge in [0, 0.05) is 37.2 Å². The van der Waals surface area contributed by atoms with Crippen molar-refractivity contribution in [3.8, 4) is 5.75 Å². The van der Waals surface area contributed by atoms with Gasteiger partial charge in [0.15, 0.2) is 11.4 Å². The molecule has 7 rings (SSSR count). The number of aromatic nitrogens is 3. The number of ether oxygens (including phenoxy) is 2. The number of Topliss-reactive ketones (excluding diaryl/α,β-unsaturated/α-hetero) is 1. The molecule has 3 heterocycles. The van der Waals surface area contributed by atoms with Crippen molar-refractivity contribution in [1.29, 1.82) is 0 Å². The summed E-state index contributed by atoms with van der Waals surface area (Å²) in [5.74, 6) is -0.195. The van der Waals surface area contributed by atoms with Gasteiger partial charge in [-0.3, -0.25) is 19.2 Å². The molecule has 40 heavy (non-hydrogen) atoms. The van der Waals surface area contributed by atoms with Gasteiger partial charge in [0.1, 0.15) is 23.7 Å². The van der Waals surface area contributed by atoms with E-state index in [1.807, 2.05) is 12.1 Å². The summed E-state index contributed by atoms with van der Waals surface area (Å²) in [6.45, 7) is 0.794. The SMILES string of the molecule is COC(=O)C12CCC(CNC(=O)c3cc(C(=O)NCc4ccc5c(c4)CC(=O)CO5)nc4ccnn34)(CC1)CC2. The molecule has 2 bridgehead atoms. The molecule has 0 atom stereocenters. The van der Waals surface area contributed by atoms with Crippen molar-refractivity contribution in [2.75, 3.05) is 20.3 Å². The second-order valence-corrected chi connectivity index (χ2v) is 11.2. The number of carbonyl (C=O) groups excluding carboxylic acids is 4. The van der Waals surface area contributed by atoms with E-state index in [1.165, 1.54) is 23.9 Å². The van der Waals surface area contributed by atoms with Crippen LogP contribution >= 0.6 is 0 Å². The summed E-state index contributed by atoms with van der Waals surface area (Å²) < 4.78 is 11.9. The van der Waals surface area contributed by atoms with Crippen LogP contribution in [0.5, 0.6) is 5.75 Å². The van der Waals surface area contributed by atoms with E-state index >= 15 is 0 Å². The molecule has 4 aliphatic rings. The molecule has 3 fully saturated rings. The summed E-state index contributed by atoms with van der Waals surface area (Å²) in [5.41, 5.74) is 1.91. The van der Waals surface area contributed by atoms with Crippen molar-refractivity contribution in [3.63, 3.8) is 0 Å². The molecule has 0 unspecified atom stereocenters. The fourth-order valence-corrected chi connectivity index (χ4v) is 6.32. The van der Waals surface area contributed by atoms with Gasteiger partial charge in [-0.05, 0) is 61.6 Å². The molecule has 3 saturated carbocycles. The van der Waals surface area contributed by atoms with Crippen molar-refractivity contribution in [3.05, 3.63) is 59.0 Å². The van der Waals surface area contributed by atoms with E-state index in [2.05, 4.69) is 20.7 Å². The van der Waals surface area contributed by atoms with Gasteiger partial charge in [-0.2, -0.15) is 5.10 Å². The lowest BCUT2D eigenvalue weighted by Crippen LogP contribution is -2.50. The molecule has 2 N–H and O–H groups in total. The Morgan fingerprint density at radius 3 is 2.55 bits per heavy atom. The molecule has 2 amide bonds. The van der Waals surface area contributed by atoms with Gasteiger partial charge in [-0.1, -0.05) is 6.07 Å². The molecular formula is C29H31N5O6. The average molecular weight is 546 g/mol. The van der Waals surface area contributed by atoms with Crippen molar-refractivity contribution in [1.82, 2.24) is 25.2 Å². The lowest BCUT2D eigenvalue weighted by Gasteiger charge is -2.51. The van der Waals surface area contributed by atoms with E-state index in [4.69, 9.17) is 9.47 Å². The highest BCUT2D eigenvalue weighted by atomic mass is 16.5. The Labute approximate surface area is 230 Å². The molecule has 0 radical (unpaired) electrons. The Balaban J connectivity index is 1.13. The molecule has 1 aromatic carbocycles. The first-order chi connectivity index (χ1) is 19.3. The number of amides is 2. The first-order valence-electron chi connectivity index (χ1n) is 13.6. The monoisotopic (exact) mass is 545 g/mol. The van der Waals surface area contributed by atoms with Gasteiger partial charge in [-0.15, -0.1) is 0 Å². The second-order valence-electron chi connectivity index (χ2n) is 11.2. The first kappa shape index (κ1) is 26.0. The number of hydrogen-bond acceptors (Lipinski definition) is 8. The Bertz CT molecular complexity index is 1500. The standard InChI is InChI=1S/C29H31N5O6/c1-39-27(38)29-8-5-28(6-9-29,7-10-29)17-31-26(37)22-14-21(33-24-4-11-32-34(22)24)25(36)30-15-18-2-3-23-19(12-18)13-20(35)16-40-23/h2-4,11-12,14H,5-10,13,15-17H2,1H3,(H,30,36)(H,31,37). The molecule has 1 aliphatic heterocycles. The zero-order chi connectivity index (χ0) is 27.9. The highest BCUT2D eigenvalue weighted by Gasteiger charge is 2.53. The van der Waals surface area contributed by atoms with Crippen LogP contribution in [0, 0.1) is 10.8 Å². The maximum atomic E-state index is 13.4. The van der Waals surface area contributed by atoms with Crippen LogP contribution < -0.4 is 15.4 Å². The maximum absolute atomic E-state index is 13.4. The third kappa shape index (κ3) is 4.69. The zero-order valence-electron chi connectivity index (χ0n) is 22.3. The smallest absolute Gasteiger partial charge is 0.311 e. The second kappa shape index (κ2) is 10.0. The molecule has 0 spiro atoms. The number of hydrogen-bond donors (Lipinski definition) is 2. The minimum atomic E-state index is -0.430. The number of methoxy groups -OCH3 is 1. The predicted octanol–water partition coefficient (Wildman–Crippen LogP) is 2.41. The predicted molar refractivity (Wildman–Crippen MR) is 142 cm³/mol. The molecule has 3 aliphatic carbocycles. The Kier molecular flexibility index (Phi) is 6.52. The van der Waals surface area contributed by atoms with E-state index in [0.717, 1.165) is 49.7 Å². The lowest BCUT2D eigenvalue weighted by molar-refractivity contribution is -0.162. The van der Waals surface area contributed by atoms with Crippen molar-refractivity contribution < 1.29 is 28.7 Å². The molecule has 3 aromatic rings. The van der Waals surface area contributed by atoms with Gasteiger partial charge in [0.2, 0.25) is 0 Å². The largest absolute Gasteiger partial charge is 0.486 e. The van der Waals surface area contributed by atoms with E-state index in [1.54, 1.807) is 12.1 Å². The van der Waals surface area contributed by atoms with Crippen molar-refractivity contribution in [2.45, 2.75) is 51.5 Å². The number of ketones is 1. The first-order valence-corrected chi connectivity index (χ1v) is 13.6. The number of nitrogens with one attached hydrogen (secondary N) is 2. The van der Waals surface area contributed by atoms with E-state index < -0.39 is 5.91 Å². The summed E-state index contributed by atoms with van der Waals surface area (Å²) in [7, 11) is 1.44. The third-order valence-corrected chi connectivity index (χ3v) is 8.82. The summed E-state index contributed by atoms with van der Waals surface area (Å²) in [4.78, 5) is 54.9. The fourth-order valence-electron chi connectivity index (χ4n) is 6.32. The molecule has 11 nitrogen and oxygen atoms in total. The normalized spacial score (nSPS) is 23.3. The fraction of sp³-hybridized carbons (Fsp3) is 0.448. The summed E-state index contributed by atoms with van der Waals surface area (Å²) in [6.07, 6.45) is 6.71. The molecule has 208 valence electrons. The third-order valence-electron chi connectivity index (χ3n) is 8.82. The van der Waals surface area contributed by atoms with Gasteiger partial charge in [0.05, 0.1) is 18.7 Å². The molecule has 2 aromatic heterocycles. The van der Waals surface area contributed by atoms with Crippen LogP contribution in [-0.2, 0) is 27.3 Å². The number of carbonyl (C=O) groups is 4. The number of fused-ring (bicyclic) bond motifs is 5. The van der Waals surface area contributed by atoms with E-state index in [9.17, 15) is 19.2 Å². The molecule has 11 heteroatoms. The summed E-state index contributed by atoms with van der Waals surface area (Å²) >= 11 is 0. The minimum absolute atomic E-state index is 0.0127. The van der Waals surface area contributed by atoms with Crippen LogP contribution in [0.25, 0.3) is 5.65 Å². The van der Waals surface area contributed by atoms with Crippen LogP contribution in [0.3, 0.4) is 0 Å². The number of nitrogens with zero attached hydrogens (tertiary/aromatic N) is 3. The Morgan fingerprint density at radius 1 is 1.02 bits per heavy atom. The number of benzene rings is 1. The van der Waals surface area contributed by atoms with Crippen LogP contribution in [0.4, 0.5) is 0 Å². The van der Waals surface area contributed by atoms with Gasteiger partial charge < -0.3 is 20.1 Å². The van der Waals surface area contributed by atoms with E-state index in [0.29, 0.717) is 24.4 Å². The van der Waals surface area contributed by atoms with Crippen LogP contribution in [-0.4, -0.2) is 58.4 Å². The van der Waals surface area contributed by atoms with Gasteiger partial charge in [0.25, 0.3) is 11.8 Å². The highest BCUT2D eigenvalue weighted by molar-refractivity contribution is 5.98. The highest BCUT2D eigenvalue weighted by Crippen LogP contribution is 2.57. The van der Waals surface area contributed by atoms with Gasteiger partial charge in [-0.25, -0.2) is 9.50 Å². The zero-order valence-corrected chi connectivity index (χ0v) is 22.3. The number of esters is 1. The lowest BCUT2D eigenvalue weighted by atomic mass is 9.53.